The average Bonchev–Trinajstić information content (AvgIpc) is 2.47. The molecule has 0 amide bonds. The number of nitro groups is 1. The number of hydrogen-bond acceptors (Lipinski definition) is 7. The zero-order chi connectivity index (χ0) is 15.4. The first-order valence-corrected chi connectivity index (χ1v) is 7.23. The molecule has 0 aliphatic carbocycles. The Kier molecular flexibility index (Phi) is 4.89. The molecular formula is C13H22N6O2. The fourth-order valence-electron chi connectivity index (χ4n) is 2.38. The summed E-state index contributed by atoms with van der Waals surface area (Å²) in [6.07, 6.45) is 2.27. The Hall–Kier alpha value is -1.96. The summed E-state index contributed by atoms with van der Waals surface area (Å²) in [7, 11) is 2.06. The number of hydrogen-bond donors (Lipinski definition) is 1. The number of aromatic nitrogens is 2. The molecule has 1 atom stereocenters. The van der Waals surface area contributed by atoms with Crippen LogP contribution in [0.15, 0.2) is 6.33 Å². The highest BCUT2D eigenvalue weighted by molar-refractivity contribution is 5.70. The third-order valence-corrected chi connectivity index (χ3v) is 3.79. The topological polar surface area (TPSA) is 87.4 Å². The van der Waals surface area contributed by atoms with E-state index in [1.807, 2.05) is 11.8 Å². The van der Waals surface area contributed by atoms with Gasteiger partial charge in [0.1, 0.15) is 6.33 Å². The molecule has 1 N–H and O–H groups in total. The van der Waals surface area contributed by atoms with Gasteiger partial charge in [-0.05, 0) is 20.4 Å². The van der Waals surface area contributed by atoms with Crippen molar-refractivity contribution in [3.05, 3.63) is 16.4 Å². The van der Waals surface area contributed by atoms with Crippen molar-refractivity contribution in [3.63, 3.8) is 0 Å². The molecular weight excluding hydrogens is 272 g/mol. The van der Waals surface area contributed by atoms with Crippen molar-refractivity contribution in [2.24, 2.45) is 0 Å². The van der Waals surface area contributed by atoms with Gasteiger partial charge in [0.2, 0.25) is 11.6 Å². The largest absolute Gasteiger partial charge is 0.364 e. The van der Waals surface area contributed by atoms with E-state index < -0.39 is 4.92 Å². The number of anilines is 2. The lowest BCUT2D eigenvalue weighted by Crippen LogP contribution is -2.50. The molecule has 1 saturated heterocycles. The molecule has 0 bridgehead atoms. The molecule has 116 valence electrons. The van der Waals surface area contributed by atoms with Crippen LogP contribution in [0.3, 0.4) is 0 Å². The Morgan fingerprint density at radius 3 is 2.86 bits per heavy atom. The molecule has 2 rings (SSSR count). The lowest BCUT2D eigenvalue weighted by Gasteiger charge is -2.37. The molecule has 8 heteroatoms. The van der Waals surface area contributed by atoms with Crippen LogP contribution in [0.5, 0.6) is 0 Å². The lowest BCUT2D eigenvalue weighted by atomic mass is 10.2. The van der Waals surface area contributed by atoms with Gasteiger partial charge in [0.05, 0.1) is 4.92 Å². The van der Waals surface area contributed by atoms with Crippen LogP contribution in [-0.2, 0) is 0 Å². The van der Waals surface area contributed by atoms with Crippen LogP contribution in [0.2, 0.25) is 0 Å². The Labute approximate surface area is 124 Å². The molecule has 2 heterocycles. The smallest absolute Gasteiger partial charge is 0.353 e. The van der Waals surface area contributed by atoms with E-state index in [1.54, 1.807) is 0 Å². The highest BCUT2D eigenvalue weighted by Gasteiger charge is 2.30. The molecule has 1 aliphatic rings. The number of rotatable bonds is 5. The molecule has 0 saturated carbocycles. The van der Waals surface area contributed by atoms with Crippen LogP contribution >= 0.6 is 0 Å². The van der Waals surface area contributed by atoms with E-state index in [1.165, 1.54) is 6.33 Å². The first-order chi connectivity index (χ1) is 10.0. The third kappa shape index (κ3) is 3.38. The molecule has 8 nitrogen and oxygen atoms in total. The van der Waals surface area contributed by atoms with Crippen molar-refractivity contribution in [2.45, 2.75) is 26.3 Å². The molecule has 0 radical (unpaired) electrons. The summed E-state index contributed by atoms with van der Waals surface area (Å²) in [6, 6.07) is 0.334. The third-order valence-electron chi connectivity index (χ3n) is 3.79. The molecule has 0 spiro atoms. The van der Waals surface area contributed by atoms with E-state index in [9.17, 15) is 10.1 Å². The van der Waals surface area contributed by atoms with Gasteiger partial charge in [-0.25, -0.2) is 9.97 Å². The van der Waals surface area contributed by atoms with Gasteiger partial charge in [-0.2, -0.15) is 0 Å². The Morgan fingerprint density at radius 1 is 1.48 bits per heavy atom. The molecule has 21 heavy (non-hydrogen) atoms. The van der Waals surface area contributed by atoms with Crippen LogP contribution in [0.4, 0.5) is 17.3 Å². The Balaban J connectivity index is 2.32. The van der Waals surface area contributed by atoms with Crippen LogP contribution < -0.4 is 10.2 Å². The molecule has 1 aliphatic heterocycles. The van der Waals surface area contributed by atoms with Crippen molar-refractivity contribution >= 4 is 17.3 Å². The standard InChI is InChI=1S/C13H22N6O2/c1-4-5-14-12-11(19(20)21)13(16-9-15-12)18-7-6-17(3)10(2)8-18/h9-10H,4-8H2,1-3H3,(H,14,15,16). The van der Waals surface area contributed by atoms with Crippen LogP contribution in [0.1, 0.15) is 20.3 Å². The van der Waals surface area contributed by atoms with Gasteiger partial charge in [-0.1, -0.05) is 6.92 Å². The second-order valence-electron chi connectivity index (χ2n) is 5.35. The number of nitrogens with one attached hydrogen (secondary N) is 1. The second-order valence-corrected chi connectivity index (χ2v) is 5.35. The van der Waals surface area contributed by atoms with E-state index in [2.05, 4.69) is 34.2 Å². The predicted octanol–water partition coefficient (Wildman–Crippen LogP) is 1.35. The van der Waals surface area contributed by atoms with Gasteiger partial charge in [-0.15, -0.1) is 0 Å². The molecule has 1 aromatic heterocycles. The average molecular weight is 294 g/mol. The van der Waals surface area contributed by atoms with Crippen molar-refractivity contribution in [1.82, 2.24) is 14.9 Å². The van der Waals surface area contributed by atoms with Gasteiger partial charge >= 0.3 is 5.69 Å². The van der Waals surface area contributed by atoms with E-state index in [-0.39, 0.29) is 5.69 Å². The minimum absolute atomic E-state index is 0.0253. The SMILES string of the molecule is CCCNc1ncnc(N2CCN(C)C(C)C2)c1[N+](=O)[O-]. The van der Waals surface area contributed by atoms with Gasteiger partial charge in [0.15, 0.2) is 0 Å². The van der Waals surface area contributed by atoms with Gasteiger partial charge in [-0.3, -0.25) is 10.1 Å². The first kappa shape index (κ1) is 15.4. The summed E-state index contributed by atoms with van der Waals surface area (Å²) in [5.74, 6) is 0.715. The zero-order valence-electron chi connectivity index (χ0n) is 12.7. The summed E-state index contributed by atoms with van der Waals surface area (Å²) >= 11 is 0. The highest BCUT2D eigenvalue weighted by atomic mass is 16.6. The van der Waals surface area contributed by atoms with Crippen LogP contribution in [0, 0.1) is 10.1 Å². The maximum atomic E-state index is 11.4. The fourth-order valence-corrected chi connectivity index (χ4v) is 2.38. The van der Waals surface area contributed by atoms with Crippen molar-refractivity contribution in [2.75, 3.05) is 43.4 Å². The second kappa shape index (κ2) is 6.66. The van der Waals surface area contributed by atoms with E-state index in [0.29, 0.717) is 24.2 Å². The first-order valence-electron chi connectivity index (χ1n) is 7.23. The summed E-state index contributed by atoms with van der Waals surface area (Å²) in [5.41, 5.74) is -0.0253. The number of piperazine rings is 1. The van der Waals surface area contributed by atoms with Gasteiger partial charge < -0.3 is 15.1 Å². The number of nitrogens with zero attached hydrogens (tertiary/aromatic N) is 5. The minimum atomic E-state index is -0.393. The molecule has 1 aromatic rings. The zero-order valence-corrected chi connectivity index (χ0v) is 12.7. The summed E-state index contributed by atoms with van der Waals surface area (Å²) in [6.45, 7) is 7.07. The van der Waals surface area contributed by atoms with Gasteiger partial charge in [0.25, 0.3) is 0 Å². The molecule has 1 fully saturated rings. The Morgan fingerprint density at radius 2 is 2.24 bits per heavy atom. The highest BCUT2D eigenvalue weighted by Crippen LogP contribution is 2.32. The summed E-state index contributed by atoms with van der Waals surface area (Å²) in [4.78, 5) is 23.5. The van der Waals surface area contributed by atoms with Crippen LogP contribution in [0.25, 0.3) is 0 Å². The van der Waals surface area contributed by atoms with E-state index in [4.69, 9.17) is 0 Å². The quantitative estimate of drug-likeness (QED) is 0.647. The lowest BCUT2D eigenvalue weighted by molar-refractivity contribution is -0.383. The molecule has 0 aromatic carbocycles. The maximum absolute atomic E-state index is 11.4. The number of likely N-dealkylation sites (N-methyl/N-ethyl adjacent to an activating group) is 1. The van der Waals surface area contributed by atoms with Gasteiger partial charge in [0, 0.05) is 32.2 Å². The summed E-state index contributed by atoms with van der Waals surface area (Å²) in [5, 5.41) is 14.5. The fraction of sp³-hybridized carbons (Fsp3) is 0.692. The minimum Gasteiger partial charge on any atom is -0.364 e. The monoisotopic (exact) mass is 294 g/mol. The van der Waals surface area contributed by atoms with Crippen molar-refractivity contribution < 1.29 is 4.92 Å². The van der Waals surface area contributed by atoms with Crippen molar-refractivity contribution in [3.8, 4) is 0 Å². The maximum Gasteiger partial charge on any atom is 0.353 e. The van der Waals surface area contributed by atoms with E-state index in [0.717, 1.165) is 26.1 Å². The normalized spacial score (nSPS) is 19.6. The molecule has 1 unspecified atom stereocenters. The predicted molar refractivity (Wildman–Crippen MR) is 81.8 cm³/mol. The van der Waals surface area contributed by atoms with Crippen molar-refractivity contribution in [1.29, 1.82) is 0 Å². The summed E-state index contributed by atoms with van der Waals surface area (Å²) < 4.78 is 0. The van der Waals surface area contributed by atoms with E-state index >= 15 is 0 Å². The Bertz CT molecular complexity index is 509. The van der Waals surface area contributed by atoms with Crippen LogP contribution in [-0.4, -0.2) is 59.1 Å².